The van der Waals surface area contributed by atoms with Gasteiger partial charge in [-0.2, -0.15) is 0 Å². The zero-order chi connectivity index (χ0) is 19.4. The lowest BCUT2D eigenvalue weighted by atomic mass is 9.68. The van der Waals surface area contributed by atoms with Crippen LogP contribution in [0.1, 0.15) is 75.2 Å². The number of nitrogens with zero attached hydrogens (tertiary/aromatic N) is 3. The Kier molecular flexibility index (Phi) is 7.22. The Morgan fingerprint density at radius 3 is 2.12 bits per heavy atom. The van der Waals surface area contributed by atoms with Gasteiger partial charge in [-0.15, -0.1) is 5.10 Å². The third-order valence-electron chi connectivity index (χ3n) is 5.88. The first-order valence-corrected chi connectivity index (χ1v) is 9.53. The van der Waals surface area contributed by atoms with Crippen molar-refractivity contribution in [3.05, 3.63) is 12.4 Å². The lowest BCUT2D eigenvalue weighted by molar-refractivity contribution is -0.0191. The van der Waals surface area contributed by atoms with Crippen LogP contribution in [0.3, 0.4) is 0 Å². The molecule has 1 N–H and O–H groups in total. The summed E-state index contributed by atoms with van der Waals surface area (Å²) in [5.41, 5.74) is 0.320. The lowest BCUT2D eigenvalue weighted by Gasteiger charge is -2.43. The molecule has 0 saturated heterocycles. The Labute approximate surface area is 154 Å². The summed E-state index contributed by atoms with van der Waals surface area (Å²) >= 11 is 0. The van der Waals surface area contributed by atoms with Crippen molar-refractivity contribution < 1.29 is 4.74 Å². The quantitative estimate of drug-likeness (QED) is 0.640. The number of hydrogen-bond donors (Lipinski definition) is 1. The molecule has 1 heterocycles. The molecular formula is C20H40N4O. The zero-order valence-corrected chi connectivity index (χ0v) is 17.9. The van der Waals surface area contributed by atoms with E-state index in [0.717, 1.165) is 32.6 Å². The van der Waals surface area contributed by atoms with E-state index in [1.165, 1.54) is 0 Å². The number of ether oxygens (including phenoxy) is 1. The van der Waals surface area contributed by atoms with Crippen LogP contribution >= 0.6 is 0 Å². The Bertz CT molecular complexity index is 502. The van der Waals surface area contributed by atoms with Crippen LogP contribution < -0.4 is 5.32 Å². The normalized spacial score (nSPS) is 16.0. The van der Waals surface area contributed by atoms with Crippen molar-refractivity contribution in [1.82, 2.24) is 20.3 Å². The molecule has 1 unspecified atom stereocenters. The van der Waals surface area contributed by atoms with Gasteiger partial charge in [-0.3, -0.25) is 0 Å². The van der Waals surface area contributed by atoms with Gasteiger partial charge in [0.15, 0.2) is 0 Å². The minimum absolute atomic E-state index is 0.0377. The first kappa shape index (κ1) is 22.1. The average molecular weight is 353 g/mol. The van der Waals surface area contributed by atoms with Gasteiger partial charge in [0.05, 0.1) is 18.3 Å². The summed E-state index contributed by atoms with van der Waals surface area (Å²) in [5.74, 6) is 0. The Morgan fingerprint density at radius 2 is 1.64 bits per heavy atom. The fraction of sp³-hybridized carbons (Fsp3) is 0.900. The molecule has 0 bridgehead atoms. The molecule has 146 valence electrons. The summed E-state index contributed by atoms with van der Waals surface area (Å²) < 4.78 is 8.08. The van der Waals surface area contributed by atoms with Crippen LogP contribution in [-0.4, -0.2) is 40.3 Å². The SMILES string of the molecule is CCC(C)(CCOCC(C)(C)C(C)(C)CNC(C)(C)C)n1ccnn1. The Hall–Kier alpha value is -0.940. The van der Waals surface area contributed by atoms with Gasteiger partial charge in [-0.25, -0.2) is 4.68 Å². The molecule has 25 heavy (non-hydrogen) atoms. The van der Waals surface area contributed by atoms with Crippen LogP contribution in [0.4, 0.5) is 0 Å². The van der Waals surface area contributed by atoms with Crippen LogP contribution in [0.5, 0.6) is 0 Å². The first-order chi connectivity index (χ1) is 11.3. The predicted octanol–water partition coefficient (Wildman–Crippen LogP) is 4.25. The topological polar surface area (TPSA) is 52.0 Å². The maximum absolute atomic E-state index is 6.12. The highest BCUT2D eigenvalue weighted by atomic mass is 16.5. The smallest absolute Gasteiger partial charge is 0.0693 e. The molecule has 0 aliphatic rings. The molecule has 0 radical (unpaired) electrons. The molecule has 0 spiro atoms. The molecule has 1 rings (SSSR count). The molecule has 0 aliphatic carbocycles. The van der Waals surface area contributed by atoms with E-state index in [1.54, 1.807) is 6.20 Å². The average Bonchev–Trinajstić information content (AvgIpc) is 3.03. The second-order valence-corrected chi connectivity index (χ2v) is 9.87. The van der Waals surface area contributed by atoms with E-state index >= 15 is 0 Å². The molecule has 0 aromatic carbocycles. The van der Waals surface area contributed by atoms with Gasteiger partial charge in [0.2, 0.25) is 0 Å². The van der Waals surface area contributed by atoms with Gasteiger partial charge in [0.25, 0.3) is 0 Å². The summed E-state index contributed by atoms with van der Waals surface area (Å²) in [6.07, 6.45) is 5.62. The molecule has 0 saturated carbocycles. The molecule has 0 aliphatic heterocycles. The van der Waals surface area contributed by atoms with Gasteiger partial charge in [0, 0.05) is 24.9 Å². The van der Waals surface area contributed by atoms with Crippen molar-refractivity contribution in [2.45, 2.75) is 86.2 Å². The van der Waals surface area contributed by atoms with Crippen molar-refractivity contribution in [1.29, 1.82) is 0 Å². The van der Waals surface area contributed by atoms with Crippen LogP contribution in [0.25, 0.3) is 0 Å². The predicted molar refractivity (Wildman–Crippen MR) is 105 cm³/mol. The summed E-state index contributed by atoms with van der Waals surface area (Å²) in [5, 5.41) is 11.8. The van der Waals surface area contributed by atoms with Crippen LogP contribution in [0.15, 0.2) is 12.4 Å². The van der Waals surface area contributed by atoms with Gasteiger partial charge in [-0.05, 0) is 51.4 Å². The molecule has 1 atom stereocenters. The lowest BCUT2D eigenvalue weighted by Crippen LogP contribution is -2.48. The van der Waals surface area contributed by atoms with E-state index in [-0.39, 0.29) is 21.9 Å². The summed E-state index contributed by atoms with van der Waals surface area (Å²) in [7, 11) is 0. The third kappa shape index (κ3) is 6.37. The van der Waals surface area contributed by atoms with E-state index in [0.29, 0.717) is 0 Å². The van der Waals surface area contributed by atoms with Crippen molar-refractivity contribution in [2.75, 3.05) is 19.8 Å². The number of hydrogen-bond acceptors (Lipinski definition) is 4. The highest BCUT2D eigenvalue weighted by Gasteiger charge is 2.38. The molecule has 1 aromatic rings. The van der Waals surface area contributed by atoms with E-state index in [2.05, 4.69) is 77.9 Å². The van der Waals surface area contributed by atoms with Crippen molar-refractivity contribution in [3.63, 3.8) is 0 Å². The fourth-order valence-corrected chi connectivity index (χ4v) is 2.49. The van der Waals surface area contributed by atoms with Crippen LogP contribution in [-0.2, 0) is 10.3 Å². The largest absolute Gasteiger partial charge is 0.381 e. The Balaban J connectivity index is 2.53. The summed E-state index contributed by atoms with van der Waals surface area (Å²) in [6, 6.07) is 0. The van der Waals surface area contributed by atoms with E-state index in [1.807, 2.05) is 10.9 Å². The molecular weight excluding hydrogens is 312 g/mol. The third-order valence-corrected chi connectivity index (χ3v) is 5.88. The minimum atomic E-state index is -0.0377. The maximum atomic E-state index is 6.12. The molecule has 0 amide bonds. The Morgan fingerprint density at radius 1 is 1.00 bits per heavy atom. The zero-order valence-electron chi connectivity index (χ0n) is 17.9. The minimum Gasteiger partial charge on any atom is -0.381 e. The number of rotatable bonds is 10. The highest BCUT2D eigenvalue weighted by molar-refractivity contribution is 4.90. The number of nitrogens with one attached hydrogen (secondary N) is 1. The van der Waals surface area contributed by atoms with Crippen molar-refractivity contribution >= 4 is 0 Å². The van der Waals surface area contributed by atoms with Gasteiger partial charge in [-0.1, -0.05) is 39.8 Å². The van der Waals surface area contributed by atoms with Crippen molar-refractivity contribution in [2.24, 2.45) is 10.8 Å². The van der Waals surface area contributed by atoms with E-state index < -0.39 is 0 Å². The molecule has 5 nitrogen and oxygen atoms in total. The second-order valence-electron chi connectivity index (χ2n) is 9.87. The molecule has 1 aromatic heterocycles. The summed E-state index contributed by atoms with van der Waals surface area (Å²) in [4.78, 5) is 0. The maximum Gasteiger partial charge on any atom is 0.0693 e. The highest BCUT2D eigenvalue weighted by Crippen LogP contribution is 2.38. The molecule has 5 heteroatoms. The van der Waals surface area contributed by atoms with Gasteiger partial charge in [0.1, 0.15) is 0 Å². The van der Waals surface area contributed by atoms with Crippen LogP contribution in [0.2, 0.25) is 0 Å². The number of aromatic nitrogens is 3. The van der Waals surface area contributed by atoms with Gasteiger partial charge < -0.3 is 10.1 Å². The standard InChI is InChI=1S/C20H40N4O/c1-10-20(9,24-13-12-22-23-24)11-14-25-16-19(7,8)18(5,6)15-21-17(2,3)4/h12-13,21H,10-11,14-16H2,1-9H3. The molecule has 0 fully saturated rings. The summed E-state index contributed by atoms with van der Waals surface area (Å²) in [6.45, 7) is 22.7. The second kappa shape index (κ2) is 8.17. The van der Waals surface area contributed by atoms with Gasteiger partial charge >= 0.3 is 0 Å². The first-order valence-electron chi connectivity index (χ1n) is 9.53. The monoisotopic (exact) mass is 352 g/mol. The van der Waals surface area contributed by atoms with Crippen molar-refractivity contribution in [3.8, 4) is 0 Å². The van der Waals surface area contributed by atoms with E-state index in [9.17, 15) is 0 Å². The fourth-order valence-electron chi connectivity index (χ4n) is 2.49. The van der Waals surface area contributed by atoms with E-state index in [4.69, 9.17) is 4.74 Å². The van der Waals surface area contributed by atoms with Crippen LogP contribution in [0, 0.1) is 10.8 Å².